The van der Waals surface area contributed by atoms with Crippen LogP contribution in [0.25, 0.3) is 0 Å². The van der Waals surface area contributed by atoms with E-state index in [-0.39, 0.29) is 22.4 Å². The molecule has 0 unspecified atom stereocenters. The average Bonchev–Trinajstić information content (AvgIpc) is 2.74. The largest absolute Gasteiger partial charge is 0.369 e. The molecule has 130 valence electrons. The van der Waals surface area contributed by atoms with E-state index in [0.717, 1.165) is 25.3 Å². The maximum absolute atomic E-state index is 12.2. The molecule has 24 heavy (non-hydrogen) atoms. The SMILES string of the molecule is NC(=O)[C@@H]1CCCCC[C@@H]1NC(=O)Nc1ccc([N+](=O)[O-])cc1Cl. The van der Waals surface area contributed by atoms with Crippen molar-refractivity contribution >= 4 is 34.9 Å². The van der Waals surface area contributed by atoms with Crippen molar-refractivity contribution in [3.63, 3.8) is 0 Å². The smallest absolute Gasteiger partial charge is 0.319 e. The topological polar surface area (TPSA) is 127 Å². The summed E-state index contributed by atoms with van der Waals surface area (Å²) in [6, 6.07) is 2.92. The number of carbonyl (C=O) groups excluding carboxylic acids is 2. The van der Waals surface area contributed by atoms with Crippen LogP contribution in [0.3, 0.4) is 0 Å². The molecule has 2 atom stereocenters. The van der Waals surface area contributed by atoms with E-state index in [2.05, 4.69) is 10.6 Å². The van der Waals surface area contributed by atoms with Gasteiger partial charge in [0.05, 0.1) is 21.6 Å². The number of nitrogens with zero attached hydrogens (tertiary/aromatic N) is 1. The molecule has 0 aliphatic heterocycles. The number of halogens is 1. The zero-order chi connectivity index (χ0) is 17.7. The van der Waals surface area contributed by atoms with Gasteiger partial charge in [-0.1, -0.05) is 30.9 Å². The molecule has 0 heterocycles. The Morgan fingerprint density at radius 1 is 1.25 bits per heavy atom. The monoisotopic (exact) mass is 354 g/mol. The van der Waals surface area contributed by atoms with Gasteiger partial charge in [0.15, 0.2) is 0 Å². The Bertz CT molecular complexity index is 652. The third-order valence-electron chi connectivity index (χ3n) is 4.11. The predicted molar refractivity (Wildman–Crippen MR) is 89.8 cm³/mol. The van der Waals surface area contributed by atoms with Crippen LogP contribution in [-0.4, -0.2) is 22.9 Å². The van der Waals surface area contributed by atoms with Crippen molar-refractivity contribution in [3.05, 3.63) is 33.3 Å². The van der Waals surface area contributed by atoms with Crippen LogP contribution < -0.4 is 16.4 Å². The van der Waals surface area contributed by atoms with Crippen molar-refractivity contribution in [2.75, 3.05) is 5.32 Å². The van der Waals surface area contributed by atoms with Crippen LogP contribution in [0.2, 0.25) is 5.02 Å². The second kappa shape index (κ2) is 7.96. The first-order chi connectivity index (χ1) is 11.4. The first kappa shape index (κ1) is 18.0. The second-order valence-electron chi connectivity index (χ2n) is 5.77. The molecule has 4 N–H and O–H groups in total. The average molecular weight is 355 g/mol. The molecule has 1 fully saturated rings. The summed E-state index contributed by atoms with van der Waals surface area (Å²) in [7, 11) is 0. The summed E-state index contributed by atoms with van der Waals surface area (Å²) >= 11 is 5.94. The summed E-state index contributed by atoms with van der Waals surface area (Å²) in [4.78, 5) is 33.9. The number of benzene rings is 1. The van der Waals surface area contributed by atoms with Gasteiger partial charge in [0.1, 0.15) is 0 Å². The third-order valence-corrected chi connectivity index (χ3v) is 4.42. The molecule has 0 aromatic heterocycles. The Balaban J connectivity index is 2.04. The summed E-state index contributed by atoms with van der Waals surface area (Å²) in [5, 5.41) is 16.1. The fourth-order valence-electron chi connectivity index (χ4n) is 2.87. The number of non-ortho nitro benzene ring substituents is 1. The minimum atomic E-state index is -0.571. The Labute approximate surface area is 143 Å². The third kappa shape index (κ3) is 4.58. The minimum absolute atomic E-state index is 0.0617. The number of amides is 3. The summed E-state index contributed by atoms with van der Waals surface area (Å²) < 4.78 is 0. The summed E-state index contributed by atoms with van der Waals surface area (Å²) in [5.74, 6) is -0.818. The van der Waals surface area contributed by atoms with Crippen molar-refractivity contribution < 1.29 is 14.5 Å². The molecule has 1 aromatic rings. The zero-order valence-electron chi connectivity index (χ0n) is 13.0. The Morgan fingerprint density at radius 3 is 2.58 bits per heavy atom. The Hall–Kier alpha value is -2.35. The number of nitro benzene ring substituents is 1. The highest BCUT2D eigenvalue weighted by atomic mass is 35.5. The number of primary amides is 1. The van der Waals surface area contributed by atoms with E-state index in [1.807, 2.05) is 0 Å². The first-order valence-electron chi connectivity index (χ1n) is 7.69. The van der Waals surface area contributed by atoms with E-state index in [4.69, 9.17) is 17.3 Å². The molecule has 3 amide bonds. The van der Waals surface area contributed by atoms with Crippen LogP contribution in [-0.2, 0) is 4.79 Å². The van der Waals surface area contributed by atoms with Crippen molar-refractivity contribution in [3.8, 4) is 0 Å². The quantitative estimate of drug-likeness (QED) is 0.436. The highest BCUT2D eigenvalue weighted by Gasteiger charge is 2.29. The standard InChI is InChI=1S/C15H19ClN4O4/c16-11-8-9(20(23)24)6-7-13(11)19-15(22)18-12-5-3-1-2-4-10(12)14(17)21/h6-8,10,12H,1-5H2,(H2,17,21)(H2,18,19,22)/t10-,12+/m1/s1. The molecule has 0 bridgehead atoms. The molecule has 0 saturated heterocycles. The number of carbonyl (C=O) groups is 2. The molecule has 9 heteroatoms. The Kier molecular flexibility index (Phi) is 5.97. The first-order valence-corrected chi connectivity index (χ1v) is 8.07. The summed E-state index contributed by atoms with van der Waals surface area (Å²) in [6.45, 7) is 0. The molecule has 1 saturated carbocycles. The van der Waals surface area contributed by atoms with E-state index in [0.29, 0.717) is 12.8 Å². The molecule has 1 aliphatic carbocycles. The van der Waals surface area contributed by atoms with Crippen molar-refractivity contribution in [2.45, 2.75) is 38.1 Å². The van der Waals surface area contributed by atoms with E-state index < -0.39 is 22.8 Å². The highest BCUT2D eigenvalue weighted by Crippen LogP contribution is 2.27. The van der Waals surface area contributed by atoms with Crippen LogP contribution in [0, 0.1) is 16.0 Å². The Morgan fingerprint density at radius 2 is 1.96 bits per heavy atom. The summed E-state index contributed by atoms with van der Waals surface area (Å²) in [5.41, 5.74) is 5.52. The number of rotatable bonds is 4. The van der Waals surface area contributed by atoms with Gasteiger partial charge in [-0.05, 0) is 18.9 Å². The number of nitrogens with two attached hydrogens (primary N) is 1. The molecule has 8 nitrogen and oxygen atoms in total. The zero-order valence-corrected chi connectivity index (χ0v) is 13.7. The lowest BCUT2D eigenvalue weighted by atomic mass is 9.94. The number of urea groups is 1. The number of hydrogen-bond acceptors (Lipinski definition) is 4. The molecular formula is C15H19ClN4O4. The van der Waals surface area contributed by atoms with Gasteiger partial charge in [0.25, 0.3) is 5.69 Å². The molecule has 0 spiro atoms. The van der Waals surface area contributed by atoms with E-state index in [9.17, 15) is 19.7 Å². The fraction of sp³-hybridized carbons (Fsp3) is 0.467. The number of anilines is 1. The second-order valence-corrected chi connectivity index (χ2v) is 6.18. The maximum Gasteiger partial charge on any atom is 0.319 e. The molecule has 0 radical (unpaired) electrons. The molecular weight excluding hydrogens is 336 g/mol. The van der Waals surface area contributed by atoms with Crippen LogP contribution >= 0.6 is 11.6 Å². The molecule has 1 aromatic carbocycles. The van der Waals surface area contributed by atoms with Gasteiger partial charge in [-0.2, -0.15) is 0 Å². The van der Waals surface area contributed by atoms with Gasteiger partial charge in [-0.3, -0.25) is 14.9 Å². The normalized spacial score (nSPS) is 20.7. The van der Waals surface area contributed by atoms with Crippen molar-refractivity contribution in [1.82, 2.24) is 5.32 Å². The van der Waals surface area contributed by atoms with Crippen LogP contribution in [0.5, 0.6) is 0 Å². The lowest BCUT2D eigenvalue weighted by Crippen LogP contribution is -2.46. The fourth-order valence-corrected chi connectivity index (χ4v) is 3.09. The van der Waals surface area contributed by atoms with Crippen LogP contribution in [0.15, 0.2) is 18.2 Å². The number of nitrogens with one attached hydrogen (secondary N) is 2. The van der Waals surface area contributed by atoms with E-state index in [1.54, 1.807) is 0 Å². The maximum atomic E-state index is 12.2. The molecule has 1 aliphatic rings. The number of nitro groups is 1. The predicted octanol–water partition coefficient (Wildman–Crippen LogP) is 2.80. The van der Waals surface area contributed by atoms with E-state index >= 15 is 0 Å². The van der Waals surface area contributed by atoms with Gasteiger partial charge < -0.3 is 16.4 Å². The van der Waals surface area contributed by atoms with Gasteiger partial charge in [0, 0.05) is 18.2 Å². The van der Waals surface area contributed by atoms with Crippen molar-refractivity contribution in [2.24, 2.45) is 11.7 Å². The van der Waals surface area contributed by atoms with Crippen LogP contribution in [0.1, 0.15) is 32.1 Å². The van der Waals surface area contributed by atoms with Gasteiger partial charge >= 0.3 is 6.03 Å². The van der Waals surface area contributed by atoms with Gasteiger partial charge in [-0.25, -0.2) is 4.79 Å². The van der Waals surface area contributed by atoms with Crippen molar-refractivity contribution in [1.29, 1.82) is 0 Å². The number of hydrogen-bond donors (Lipinski definition) is 3. The lowest BCUT2D eigenvalue weighted by Gasteiger charge is -2.23. The van der Waals surface area contributed by atoms with Crippen LogP contribution in [0.4, 0.5) is 16.2 Å². The molecule has 2 rings (SSSR count). The van der Waals surface area contributed by atoms with Gasteiger partial charge in [0.2, 0.25) is 5.91 Å². The summed E-state index contributed by atoms with van der Waals surface area (Å²) in [6.07, 6.45) is 4.14. The van der Waals surface area contributed by atoms with E-state index in [1.165, 1.54) is 12.1 Å². The minimum Gasteiger partial charge on any atom is -0.369 e. The highest BCUT2D eigenvalue weighted by molar-refractivity contribution is 6.33. The lowest BCUT2D eigenvalue weighted by molar-refractivity contribution is -0.384. The van der Waals surface area contributed by atoms with Gasteiger partial charge in [-0.15, -0.1) is 0 Å².